The Hall–Kier alpha value is -1.71. The molecular weight excluding hydrogens is 396 g/mol. The molecule has 3 N–H and O–H groups in total. The highest BCUT2D eigenvalue weighted by atomic mass is 35.5. The summed E-state index contributed by atoms with van der Waals surface area (Å²) in [5.41, 5.74) is -0.715. The number of nitrogens with one attached hydrogen (secondary N) is 1. The third kappa shape index (κ3) is 4.68. The van der Waals surface area contributed by atoms with Crippen molar-refractivity contribution in [1.29, 1.82) is 0 Å². The molecular formula is C15H12Cl2FNO5S. The largest absolute Gasteiger partial charge is 0.478 e. The van der Waals surface area contributed by atoms with E-state index in [0.29, 0.717) is 0 Å². The summed E-state index contributed by atoms with van der Waals surface area (Å²) in [6, 6.07) is 7.11. The Labute approximate surface area is 152 Å². The van der Waals surface area contributed by atoms with Gasteiger partial charge in [-0.2, -0.15) is 0 Å². The van der Waals surface area contributed by atoms with E-state index in [1.54, 1.807) is 0 Å². The van der Waals surface area contributed by atoms with Gasteiger partial charge in [0.25, 0.3) is 0 Å². The quantitative estimate of drug-likeness (QED) is 0.682. The van der Waals surface area contributed by atoms with Crippen LogP contribution in [0.1, 0.15) is 22.0 Å². The van der Waals surface area contributed by atoms with Crippen molar-refractivity contribution in [3.05, 3.63) is 63.4 Å². The second-order valence-corrected chi connectivity index (χ2v) is 7.60. The van der Waals surface area contributed by atoms with Crippen LogP contribution in [0.3, 0.4) is 0 Å². The topological polar surface area (TPSA) is 104 Å². The van der Waals surface area contributed by atoms with Crippen molar-refractivity contribution in [1.82, 2.24) is 4.72 Å². The molecule has 25 heavy (non-hydrogen) atoms. The lowest BCUT2D eigenvalue weighted by atomic mass is 10.1. The molecule has 1 atom stereocenters. The average molecular weight is 408 g/mol. The summed E-state index contributed by atoms with van der Waals surface area (Å²) in [7, 11) is -4.38. The Morgan fingerprint density at radius 3 is 2.36 bits per heavy atom. The van der Waals surface area contributed by atoms with Crippen molar-refractivity contribution in [2.75, 3.05) is 6.54 Å². The molecule has 0 saturated heterocycles. The van der Waals surface area contributed by atoms with Crippen LogP contribution in [0.25, 0.3) is 0 Å². The van der Waals surface area contributed by atoms with Crippen molar-refractivity contribution in [2.24, 2.45) is 0 Å². The Kier molecular flexibility index (Phi) is 6.02. The molecule has 0 aliphatic rings. The van der Waals surface area contributed by atoms with Gasteiger partial charge in [0.2, 0.25) is 10.0 Å². The number of rotatable bonds is 6. The number of halogens is 3. The number of benzene rings is 2. The summed E-state index contributed by atoms with van der Waals surface area (Å²) in [5, 5.41) is 19.6. The zero-order valence-electron chi connectivity index (χ0n) is 12.4. The Balaban J connectivity index is 2.25. The fourth-order valence-corrected chi connectivity index (χ4v) is 3.87. The molecule has 0 radical (unpaired) electrons. The van der Waals surface area contributed by atoms with Gasteiger partial charge in [0.15, 0.2) is 0 Å². The van der Waals surface area contributed by atoms with Crippen LogP contribution < -0.4 is 4.72 Å². The van der Waals surface area contributed by atoms with E-state index in [4.69, 9.17) is 28.3 Å². The summed E-state index contributed by atoms with van der Waals surface area (Å²) in [4.78, 5) is 10.4. The van der Waals surface area contributed by atoms with Crippen LogP contribution in [0.5, 0.6) is 0 Å². The minimum Gasteiger partial charge on any atom is -0.478 e. The van der Waals surface area contributed by atoms with Crippen molar-refractivity contribution >= 4 is 39.2 Å². The lowest BCUT2D eigenvalue weighted by Gasteiger charge is -2.14. The molecule has 1 unspecified atom stereocenters. The number of carbonyl (C=O) groups is 1. The van der Waals surface area contributed by atoms with Crippen LogP contribution in [-0.4, -0.2) is 31.1 Å². The van der Waals surface area contributed by atoms with Crippen molar-refractivity contribution in [3.8, 4) is 0 Å². The minimum absolute atomic E-state index is 0.253. The molecule has 0 aliphatic carbocycles. The fourth-order valence-electron chi connectivity index (χ4n) is 2.09. The van der Waals surface area contributed by atoms with Gasteiger partial charge in [-0.3, -0.25) is 0 Å². The second-order valence-electron chi connectivity index (χ2n) is 4.99. The average Bonchev–Trinajstić information content (AvgIpc) is 2.51. The molecule has 0 saturated carbocycles. The highest BCUT2D eigenvalue weighted by Crippen LogP contribution is 2.24. The molecule has 2 rings (SSSR count). The number of aliphatic hydroxyl groups is 1. The number of sulfonamides is 1. The van der Waals surface area contributed by atoms with Gasteiger partial charge in [-0.25, -0.2) is 22.3 Å². The Morgan fingerprint density at radius 1 is 1.20 bits per heavy atom. The Bertz CT molecular complexity index is 900. The maximum Gasteiger partial charge on any atom is 0.340 e. The van der Waals surface area contributed by atoms with E-state index >= 15 is 0 Å². The number of aromatic carboxylic acids is 1. The zero-order valence-corrected chi connectivity index (χ0v) is 14.7. The second kappa shape index (κ2) is 7.67. The monoisotopic (exact) mass is 407 g/mol. The van der Waals surface area contributed by atoms with E-state index < -0.39 is 44.9 Å². The summed E-state index contributed by atoms with van der Waals surface area (Å²) >= 11 is 11.6. The van der Waals surface area contributed by atoms with Crippen LogP contribution in [0, 0.1) is 5.82 Å². The molecule has 0 spiro atoms. The van der Waals surface area contributed by atoms with Crippen LogP contribution in [0.2, 0.25) is 10.0 Å². The Morgan fingerprint density at radius 2 is 1.80 bits per heavy atom. The smallest absolute Gasteiger partial charge is 0.340 e. The first-order valence-electron chi connectivity index (χ1n) is 6.77. The van der Waals surface area contributed by atoms with E-state index in [0.717, 1.165) is 18.2 Å². The molecule has 6 nitrogen and oxygen atoms in total. The normalized spacial score (nSPS) is 12.8. The maximum absolute atomic E-state index is 13.6. The SMILES string of the molecule is O=C(O)c1c(F)cccc1S(=O)(=O)NCC(O)c1cc(Cl)cc(Cl)c1. The summed E-state index contributed by atoms with van der Waals surface area (Å²) in [5.74, 6) is -2.90. The molecule has 2 aromatic carbocycles. The third-order valence-corrected chi connectivity index (χ3v) is 5.12. The highest BCUT2D eigenvalue weighted by molar-refractivity contribution is 7.89. The number of hydrogen-bond donors (Lipinski definition) is 3. The molecule has 134 valence electrons. The standard InChI is InChI=1S/C15H12Cl2FNO5S/c16-9-4-8(5-10(17)6-9)12(20)7-19-25(23,24)13-3-1-2-11(18)14(13)15(21)22/h1-6,12,19-20H,7H2,(H,21,22). The molecule has 0 heterocycles. The lowest BCUT2D eigenvalue weighted by Crippen LogP contribution is -2.30. The lowest BCUT2D eigenvalue weighted by molar-refractivity contribution is 0.0687. The van der Waals surface area contributed by atoms with E-state index in [2.05, 4.69) is 0 Å². The first-order valence-corrected chi connectivity index (χ1v) is 9.01. The van der Waals surface area contributed by atoms with E-state index in [1.165, 1.54) is 18.2 Å². The zero-order chi connectivity index (χ0) is 18.8. The summed E-state index contributed by atoms with van der Waals surface area (Å²) in [6.45, 7) is -0.491. The predicted octanol–water partition coefficient (Wildman–Crippen LogP) is 2.84. The molecule has 0 aliphatic heterocycles. The first kappa shape index (κ1) is 19.6. The summed E-state index contributed by atoms with van der Waals surface area (Å²) in [6.07, 6.45) is -1.30. The highest BCUT2D eigenvalue weighted by Gasteiger charge is 2.26. The third-order valence-electron chi connectivity index (χ3n) is 3.22. The van der Waals surface area contributed by atoms with Gasteiger partial charge in [0.05, 0.1) is 11.0 Å². The van der Waals surface area contributed by atoms with Crippen LogP contribution in [-0.2, 0) is 10.0 Å². The van der Waals surface area contributed by atoms with Gasteiger partial charge < -0.3 is 10.2 Å². The molecule has 0 bridgehead atoms. The fraction of sp³-hybridized carbons (Fsp3) is 0.133. The van der Waals surface area contributed by atoms with E-state index in [1.807, 2.05) is 4.72 Å². The molecule has 2 aromatic rings. The van der Waals surface area contributed by atoms with Gasteiger partial charge in [0, 0.05) is 16.6 Å². The van der Waals surface area contributed by atoms with Crippen LogP contribution in [0.4, 0.5) is 4.39 Å². The van der Waals surface area contributed by atoms with Crippen molar-refractivity contribution in [2.45, 2.75) is 11.0 Å². The van der Waals surface area contributed by atoms with E-state index in [9.17, 15) is 22.7 Å². The molecule has 0 amide bonds. The maximum atomic E-state index is 13.6. The number of hydrogen-bond acceptors (Lipinski definition) is 4. The van der Waals surface area contributed by atoms with Gasteiger partial charge >= 0.3 is 5.97 Å². The number of aliphatic hydroxyl groups excluding tert-OH is 1. The predicted molar refractivity (Wildman–Crippen MR) is 90.0 cm³/mol. The van der Waals surface area contributed by atoms with Crippen LogP contribution >= 0.6 is 23.2 Å². The van der Waals surface area contributed by atoms with Gasteiger partial charge in [0.1, 0.15) is 11.4 Å². The van der Waals surface area contributed by atoms with Gasteiger partial charge in [-0.05, 0) is 35.9 Å². The van der Waals surface area contributed by atoms with Gasteiger partial charge in [-0.15, -0.1) is 0 Å². The van der Waals surface area contributed by atoms with Crippen LogP contribution in [0.15, 0.2) is 41.3 Å². The van der Waals surface area contributed by atoms with Crippen molar-refractivity contribution in [3.63, 3.8) is 0 Å². The molecule has 10 heteroatoms. The van der Waals surface area contributed by atoms with Crippen molar-refractivity contribution < 1.29 is 27.8 Å². The number of carboxylic acids is 1. The first-order chi connectivity index (χ1) is 11.6. The van der Waals surface area contributed by atoms with Gasteiger partial charge in [-0.1, -0.05) is 29.3 Å². The molecule has 0 fully saturated rings. The van der Waals surface area contributed by atoms with E-state index in [-0.39, 0.29) is 15.6 Å². The number of carboxylic acid groups (broad SMARTS) is 1. The minimum atomic E-state index is -4.38. The molecule has 0 aromatic heterocycles. The summed E-state index contributed by atoms with van der Waals surface area (Å²) < 4.78 is 40.2.